The average molecular weight is 585 g/mol. The van der Waals surface area contributed by atoms with Crippen LogP contribution in [-0.2, 0) is 20.8 Å². The zero-order valence-corrected chi connectivity index (χ0v) is 21.7. The molecule has 0 radical (unpaired) electrons. The van der Waals surface area contributed by atoms with Crippen LogP contribution < -0.4 is 21.4 Å². The molecule has 0 aliphatic carbocycles. The van der Waals surface area contributed by atoms with Crippen LogP contribution in [-0.4, -0.2) is 57.0 Å². The number of H-pyrrole nitrogens is 2. The van der Waals surface area contributed by atoms with E-state index in [0.717, 1.165) is 44.6 Å². The monoisotopic (exact) mass is 584 g/mol. The largest absolute Gasteiger partial charge is 0.726 e. The minimum atomic E-state index is -4.92. The predicted molar refractivity (Wildman–Crippen MR) is 138 cm³/mol. The maximum Gasteiger partial charge on any atom is 0.215 e. The van der Waals surface area contributed by atoms with Crippen molar-refractivity contribution in [2.75, 3.05) is 11.5 Å². The van der Waals surface area contributed by atoms with Crippen molar-refractivity contribution in [3.8, 4) is 0 Å². The van der Waals surface area contributed by atoms with Gasteiger partial charge in [0, 0.05) is 38.1 Å². The van der Waals surface area contributed by atoms with Crippen molar-refractivity contribution < 1.29 is 66.9 Å². The first-order valence-corrected chi connectivity index (χ1v) is 12.0. The molecule has 0 atom stereocenters. The molecule has 16 N–H and O–H groups in total. The van der Waals surface area contributed by atoms with Gasteiger partial charge in [0.25, 0.3) is 0 Å². The molecule has 0 unspecified atom stereocenters. The van der Waals surface area contributed by atoms with Gasteiger partial charge in [-0.1, -0.05) is 24.3 Å². The average Bonchev–Trinajstić information content (AvgIpc) is 2.66. The molecule has 0 spiro atoms. The Morgan fingerprint density at radius 1 is 0.632 bits per heavy atom. The van der Waals surface area contributed by atoms with Gasteiger partial charge >= 0.3 is 0 Å². The number of hydrogen-bond donors (Lipinski definition) is 4. The molecule has 4 rings (SSSR count). The summed E-state index contributed by atoms with van der Waals surface area (Å²) in [6.45, 7) is 4.01. The number of aromatic nitrogens is 2. The highest BCUT2D eigenvalue weighted by Gasteiger charge is 2.05. The summed E-state index contributed by atoms with van der Waals surface area (Å²) >= 11 is 0. The molecule has 2 aromatic heterocycles. The van der Waals surface area contributed by atoms with Gasteiger partial charge in [0.1, 0.15) is 0 Å². The summed E-state index contributed by atoms with van der Waals surface area (Å²) in [5, 5.41) is 2.17. The third-order valence-corrected chi connectivity index (χ3v) is 3.88. The molecule has 216 valence electrons. The van der Waals surface area contributed by atoms with Crippen LogP contribution in [0.2, 0.25) is 0 Å². The number of benzene rings is 2. The Labute approximate surface area is 218 Å². The molecule has 0 bridgehead atoms. The second-order valence-corrected chi connectivity index (χ2v) is 8.47. The van der Waals surface area contributed by atoms with E-state index in [4.69, 9.17) is 46.5 Å². The quantitative estimate of drug-likeness (QED) is 0.127. The Balaban J connectivity index is -0.000000211. The van der Waals surface area contributed by atoms with Crippen LogP contribution in [0.5, 0.6) is 0 Å². The van der Waals surface area contributed by atoms with Crippen LogP contribution >= 0.6 is 0 Å². The van der Waals surface area contributed by atoms with Crippen molar-refractivity contribution in [3.05, 3.63) is 72.1 Å². The van der Waals surface area contributed by atoms with Crippen molar-refractivity contribution in [1.29, 1.82) is 0 Å². The lowest BCUT2D eigenvalue weighted by Crippen LogP contribution is -2.09. The van der Waals surface area contributed by atoms with E-state index in [9.17, 15) is 0 Å². The fourth-order valence-electron chi connectivity index (χ4n) is 2.81. The van der Waals surface area contributed by atoms with Crippen LogP contribution in [0.25, 0.3) is 21.8 Å². The van der Waals surface area contributed by atoms with Gasteiger partial charge in [0.2, 0.25) is 31.8 Å². The van der Waals surface area contributed by atoms with Crippen LogP contribution in [0.1, 0.15) is 11.4 Å². The molecule has 2 heterocycles. The third kappa shape index (κ3) is 17.8. The van der Waals surface area contributed by atoms with Gasteiger partial charge in [-0.15, -0.1) is 0 Å². The molecule has 0 saturated heterocycles. The standard InChI is InChI=1S/2C10H10N2.2H2O4S.4H2O/c2*1-7-6-9(11)8-4-2-3-5-10(8)12-7;2*1-5(2,3)4;;;;/h2*2-6H,1H3,(H2,11,12);2*(H2,1,2,3,4);4*1H2. The van der Waals surface area contributed by atoms with Crippen molar-refractivity contribution in [2.24, 2.45) is 0 Å². The lowest BCUT2D eigenvalue weighted by atomic mass is 10.2. The van der Waals surface area contributed by atoms with Crippen molar-refractivity contribution in [2.45, 2.75) is 13.8 Å². The van der Waals surface area contributed by atoms with Crippen molar-refractivity contribution >= 4 is 54.0 Å². The molecule has 4 aromatic rings. The van der Waals surface area contributed by atoms with Gasteiger partial charge in [-0.05, 0) is 12.1 Å². The van der Waals surface area contributed by atoms with Crippen LogP contribution in [0.15, 0.2) is 60.7 Å². The minimum absolute atomic E-state index is 0. The second kappa shape index (κ2) is 17.8. The summed E-state index contributed by atoms with van der Waals surface area (Å²) < 4.78 is 65.7. The number of aryl methyl sites for hydroxylation is 2. The number of nitrogens with one attached hydrogen (secondary N) is 2. The maximum atomic E-state index is 8.63. The van der Waals surface area contributed by atoms with E-state index < -0.39 is 20.8 Å². The molecule has 0 amide bonds. The van der Waals surface area contributed by atoms with Gasteiger partial charge in [-0.25, -0.2) is 26.8 Å². The molecule has 0 fully saturated rings. The molecule has 2 aromatic carbocycles. The molecular formula is C20H32N4O12S2. The highest BCUT2D eigenvalue weighted by atomic mass is 32.3. The van der Waals surface area contributed by atoms with Gasteiger partial charge in [0.05, 0.1) is 22.1 Å². The summed E-state index contributed by atoms with van der Waals surface area (Å²) in [4.78, 5) is 6.50. The molecule has 38 heavy (non-hydrogen) atoms. The highest BCUT2D eigenvalue weighted by Crippen LogP contribution is 2.17. The van der Waals surface area contributed by atoms with Gasteiger partial charge in [-0.3, -0.25) is 9.11 Å². The van der Waals surface area contributed by atoms with E-state index in [1.54, 1.807) is 0 Å². The molecule has 16 nitrogen and oxygen atoms in total. The number of rotatable bonds is 0. The van der Waals surface area contributed by atoms with E-state index in [1.165, 1.54) is 0 Å². The minimum Gasteiger partial charge on any atom is -0.726 e. The fourth-order valence-corrected chi connectivity index (χ4v) is 2.81. The van der Waals surface area contributed by atoms with Crippen molar-refractivity contribution in [3.63, 3.8) is 0 Å². The van der Waals surface area contributed by atoms with Crippen LogP contribution in [0, 0.1) is 13.8 Å². The Morgan fingerprint density at radius 2 is 0.868 bits per heavy atom. The lowest BCUT2D eigenvalue weighted by molar-refractivity contribution is -0.355. The summed E-state index contributed by atoms with van der Waals surface area (Å²) in [5.74, 6) is 0. The summed E-state index contributed by atoms with van der Waals surface area (Å²) in [7, 11) is -9.83. The topological polar surface area (TPSA) is 361 Å². The third-order valence-electron chi connectivity index (χ3n) is 3.88. The zero-order chi connectivity index (χ0) is 26.1. The van der Waals surface area contributed by atoms with E-state index >= 15 is 0 Å². The zero-order valence-electron chi connectivity index (χ0n) is 20.1. The van der Waals surface area contributed by atoms with Gasteiger partial charge in [0.15, 0.2) is 11.4 Å². The number of hydrogen-bond acceptors (Lipinski definition) is 8. The number of fused-ring (bicyclic) bond motifs is 2. The molecule has 18 heteroatoms. The number of nitrogen functional groups attached to an aromatic ring is 2. The number of anilines is 2. The Morgan fingerprint density at radius 3 is 1.13 bits per heavy atom. The summed E-state index contributed by atoms with van der Waals surface area (Å²) in [6.07, 6.45) is 0. The summed E-state index contributed by atoms with van der Waals surface area (Å²) in [6, 6.07) is 19.9. The number of pyridine rings is 2. The maximum absolute atomic E-state index is 8.63. The van der Waals surface area contributed by atoms with E-state index in [-0.39, 0.29) is 21.9 Å². The molecule has 0 aliphatic rings. The van der Waals surface area contributed by atoms with Crippen LogP contribution in [0.4, 0.5) is 11.4 Å². The molecule has 0 aliphatic heterocycles. The SMILES string of the molecule is Cc1cc(N)c2ccccc2[nH+]1.Cc1cc(N)c2ccccc2[nH+]1.O.O.O.O.O=S(=O)([O-])O.O=S(=O)([O-])O. The lowest BCUT2D eigenvalue weighted by Gasteiger charge is -1.96. The number of aromatic amines is 2. The van der Waals surface area contributed by atoms with E-state index in [0.29, 0.717) is 0 Å². The van der Waals surface area contributed by atoms with E-state index in [2.05, 4.69) is 9.97 Å². The van der Waals surface area contributed by atoms with E-state index in [1.807, 2.05) is 74.5 Å². The van der Waals surface area contributed by atoms with Crippen LogP contribution in [0.3, 0.4) is 0 Å². The summed E-state index contributed by atoms with van der Waals surface area (Å²) in [5.41, 5.74) is 17.7. The Kier molecular flexibility index (Phi) is 19.5. The Bertz CT molecular complexity index is 1360. The first kappa shape index (κ1) is 41.6. The second-order valence-electron chi connectivity index (χ2n) is 6.76. The van der Waals surface area contributed by atoms with Gasteiger partial charge in [-0.2, -0.15) is 0 Å². The number of nitrogens with two attached hydrogens (primary N) is 2. The number of para-hydroxylation sites is 2. The molecule has 0 saturated carbocycles. The Hall–Kier alpha value is -3.56. The normalized spacial score (nSPS) is 9.63. The van der Waals surface area contributed by atoms with Crippen molar-refractivity contribution in [1.82, 2.24) is 0 Å². The first-order valence-electron chi connectivity index (χ1n) is 9.25. The predicted octanol–water partition coefficient (Wildman–Crippen LogP) is -2.20. The smallest absolute Gasteiger partial charge is 0.215 e. The molecular weight excluding hydrogens is 552 g/mol. The first-order chi connectivity index (χ1) is 15.5. The van der Waals surface area contributed by atoms with Gasteiger partial charge < -0.3 is 42.5 Å². The highest BCUT2D eigenvalue weighted by molar-refractivity contribution is 7.80. The fraction of sp³-hybridized carbons (Fsp3) is 0.100.